The van der Waals surface area contributed by atoms with E-state index in [4.69, 9.17) is 4.98 Å². The lowest BCUT2D eigenvalue weighted by Gasteiger charge is -2.42. The highest BCUT2D eigenvalue weighted by Gasteiger charge is 2.49. The number of aryl methyl sites for hydroxylation is 2. The number of anilines is 1. The van der Waals surface area contributed by atoms with Crippen LogP contribution in [0.5, 0.6) is 0 Å². The van der Waals surface area contributed by atoms with Crippen molar-refractivity contribution in [3.05, 3.63) is 22.9 Å². The average molecular weight is 352 g/mol. The Labute approximate surface area is 156 Å². The summed E-state index contributed by atoms with van der Waals surface area (Å²) in [6, 6.07) is 4.22. The molecule has 3 aliphatic rings. The van der Waals surface area contributed by atoms with Crippen LogP contribution >= 0.6 is 0 Å². The molecule has 138 valence electrons. The molecule has 5 heteroatoms. The first-order valence-electron chi connectivity index (χ1n) is 9.95. The normalized spacial score (nSPS) is 26.3. The van der Waals surface area contributed by atoms with Crippen molar-refractivity contribution < 1.29 is 4.79 Å². The summed E-state index contributed by atoms with van der Waals surface area (Å²) < 4.78 is 0. The van der Waals surface area contributed by atoms with Gasteiger partial charge in [0.25, 0.3) is 0 Å². The van der Waals surface area contributed by atoms with Crippen molar-refractivity contribution in [3.63, 3.8) is 0 Å². The quantitative estimate of drug-likeness (QED) is 0.838. The smallest absolute Gasteiger partial charge is 0.230 e. The van der Waals surface area contributed by atoms with Gasteiger partial charge in [-0.25, -0.2) is 4.98 Å². The Kier molecular flexibility index (Phi) is 4.38. The maximum Gasteiger partial charge on any atom is 0.230 e. The fraction of sp³-hybridized carbons (Fsp3) is 0.667. The SMILES string of the molecule is Cc1cc(C#N)c(N2CCC3(CCCN(CC4CCC4)C3=O)C2)nc1C. The highest BCUT2D eigenvalue weighted by Crippen LogP contribution is 2.42. The van der Waals surface area contributed by atoms with Gasteiger partial charge in [-0.15, -0.1) is 0 Å². The second kappa shape index (κ2) is 6.57. The maximum atomic E-state index is 13.3. The molecule has 1 unspecified atom stereocenters. The van der Waals surface area contributed by atoms with Crippen molar-refractivity contribution >= 4 is 11.7 Å². The second-order valence-corrected chi connectivity index (χ2v) is 8.48. The van der Waals surface area contributed by atoms with Gasteiger partial charge < -0.3 is 9.80 Å². The number of pyridine rings is 1. The summed E-state index contributed by atoms with van der Waals surface area (Å²) in [4.78, 5) is 22.3. The molecule has 3 heterocycles. The third kappa shape index (κ3) is 2.86. The molecule has 2 saturated heterocycles. The van der Waals surface area contributed by atoms with Crippen molar-refractivity contribution in [3.8, 4) is 6.07 Å². The van der Waals surface area contributed by atoms with Crippen LogP contribution in [0, 0.1) is 36.5 Å². The van der Waals surface area contributed by atoms with E-state index in [1.165, 1.54) is 19.3 Å². The van der Waals surface area contributed by atoms with E-state index in [0.29, 0.717) is 18.0 Å². The largest absolute Gasteiger partial charge is 0.354 e. The first kappa shape index (κ1) is 17.3. The third-order valence-electron chi connectivity index (χ3n) is 6.75. The van der Waals surface area contributed by atoms with Gasteiger partial charge in [-0.1, -0.05) is 6.42 Å². The number of carbonyl (C=O) groups excluding carboxylic acids is 1. The predicted octanol–water partition coefficient (Wildman–Crippen LogP) is 3.19. The Morgan fingerprint density at radius 2 is 2.08 bits per heavy atom. The minimum atomic E-state index is -0.269. The molecule has 1 amide bonds. The van der Waals surface area contributed by atoms with Crippen LogP contribution < -0.4 is 4.90 Å². The molecule has 1 spiro atoms. The number of piperidine rings is 1. The molecule has 1 atom stereocenters. The van der Waals surface area contributed by atoms with E-state index in [9.17, 15) is 10.1 Å². The van der Waals surface area contributed by atoms with Crippen LogP contribution in [0.4, 0.5) is 5.82 Å². The van der Waals surface area contributed by atoms with Gasteiger partial charge in [0.05, 0.1) is 11.0 Å². The van der Waals surface area contributed by atoms with Gasteiger partial charge in [-0.3, -0.25) is 4.79 Å². The number of hydrogen-bond donors (Lipinski definition) is 0. The van der Waals surface area contributed by atoms with Crippen molar-refractivity contribution in [2.45, 2.75) is 52.4 Å². The van der Waals surface area contributed by atoms with Gasteiger partial charge >= 0.3 is 0 Å². The first-order valence-corrected chi connectivity index (χ1v) is 9.95. The highest BCUT2D eigenvalue weighted by atomic mass is 16.2. The molecule has 1 saturated carbocycles. The average Bonchev–Trinajstić information content (AvgIpc) is 3.01. The molecule has 1 aromatic rings. The van der Waals surface area contributed by atoms with Crippen molar-refractivity contribution in [2.75, 3.05) is 31.1 Å². The Hall–Kier alpha value is -2.09. The molecule has 1 aromatic heterocycles. The number of carbonyl (C=O) groups is 1. The zero-order chi connectivity index (χ0) is 18.3. The molecular weight excluding hydrogens is 324 g/mol. The van der Waals surface area contributed by atoms with Crippen molar-refractivity contribution in [1.29, 1.82) is 5.26 Å². The molecular formula is C21H28N4O. The Morgan fingerprint density at radius 1 is 1.27 bits per heavy atom. The lowest BCUT2D eigenvalue weighted by atomic mass is 9.77. The lowest BCUT2D eigenvalue weighted by Crippen LogP contribution is -2.51. The van der Waals surface area contributed by atoms with Gasteiger partial charge in [0.15, 0.2) is 0 Å². The number of aromatic nitrogens is 1. The van der Waals surface area contributed by atoms with Gasteiger partial charge in [0.1, 0.15) is 11.9 Å². The van der Waals surface area contributed by atoms with Crippen LogP contribution in [0.3, 0.4) is 0 Å². The summed E-state index contributed by atoms with van der Waals surface area (Å²) >= 11 is 0. The van der Waals surface area contributed by atoms with Crippen LogP contribution in [0.15, 0.2) is 6.07 Å². The minimum Gasteiger partial charge on any atom is -0.354 e. The number of nitriles is 1. The standard InChI is InChI=1S/C21H28N4O/c1-15-11-18(12-22)19(23-16(15)2)25-10-8-21(14-25)7-4-9-24(20(21)26)13-17-5-3-6-17/h11,17H,3-10,13-14H2,1-2H3. The fourth-order valence-electron chi connectivity index (χ4n) is 4.76. The summed E-state index contributed by atoms with van der Waals surface area (Å²) in [7, 11) is 0. The fourth-order valence-corrected chi connectivity index (χ4v) is 4.76. The van der Waals surface area contributed by atoms with E-state index in [0.717, 1.165) is 61.9 Å². The van der Waals surface area contributed by atoms with Crippen LogP contribution in [0.2, 0.25) is 0 Å². The number of likely N-dealkylation sites (tertiary alicyclic amines) is 1. The van der Waals surface area contributed by atoms with Gasteiger partial charge in [-0.05, 0) is 63.5 Å². The topological polar surface area (TPSA) is 60.2 Å². The number of rotatable bonds is 3. The second-order valence-electron chi connectivity index (χ2n) is 8.48. The summed E-state index contributed by atoms with van der Waals surface area (Å²) in [6.45, 7) is 7.36. The molecule has 0 bridgehead atoms. The highest BCUT2D eigenvalue weighted by molar-refractivity contribution is 5.85. The third-order valence-corrected chi connectivity index (χ3v) is 6.75. The Balaban J connectivity index is 1.55. The predicted molar refractivity (Wildman–Crippen MR) is 101 cm³/mol. The molecule has 5 nitrogen and oxygen atoms in total. The van der Waals surface area contributed by atoms with Crippen LogP contribution in [-0.2, 0) is 4.79 Å². The molecule has 3 fully saturated rings. The van der Waals surface area contributed by atoms with E-state index in [1.807, 2.05) is 19.9 Å². The van der Waals surface area contributed by atoms with Crippen molar-refractivity contribution in [1.82, 2.24) is 9.88 Å². The van der Waals surface area contributed by atoms with E-state index >= 15 is 0 Å². The summed E-state index contributed by atoms with van der Waals surface area (Å²) in [5.41, 5.74) is 2.36. The van der Waals surface area contributed by atoms with Crippen LogP contribution in [0.25, 0.3) is 0 Å². The zero-order valence-electron chi connectivity index (χ0n) is 15.9. The Bertz CT molecular complexity index is 764. The Morgan fingerprint density at radius 3 is 2.77 bits per heavy atom. The number of hydrogen-bond acceptors (Lipinski definition) is 4. The molecule has 0 radical (unpaired) electrons. The number of nitrogens with zero attached hydrogens (tertiary/aromatic N) is 4. The molecule has 26 heavy (non-hydrogen) atoms. The molecule has 1 aliphatic carbocycles. The van der Waals surface area contributed by atoms with Crippen LogP contribution in [0.1, 0.15) is 55.3 Å². The molecule has 2 aliphatic heterocycles. The molecule has 0 N–H and O–H groups in total. The van der Waals surface area contributed by atoms with Gasteiger partial charge in [0, 0.05) is 31.9 Å². The summed E-state index contributed by atoms with van der Waals surface area (Å²) in [6.07, 6.45) is 6.82. The van der Waals surface area contributed by atoms with E-state index in [1.54, 1.807) is 0 Å². The monoisotopic (exact) mass is 352 g/mol. The zero-order valence-corrected chi connectivity index (χ0v) is 15.9. The summed E-state index contributed by atoms with van der Waals surface area (Å²) in [5.74, 6) is 1.83. The first-order chi connectivity index (χ1) is 12.5. The van der Waals surface area contributed by atoms with E-state index < -0.39 is 0 Å². The van der Waals surface area contributed by atoms with Crippen LogP contribution in [-0.4, -0.2) is 42.0 Å². The van der Waals surface area contributed by atoms with Gasteiger partial charge in [-0.2, -0.15) is 5.26 Å². The van der Waals surface area contributed by atoms with Gasteiger partial charge in [0.2, 0.25) is 5.91 Å². The summed E-state index contributed by atoms with van der Waals surface area (Å²) in [5, 5.41) is 9.53. The van der Waals surface area contributed by atoms with E-state index in [-0.39, 0.29) is 5.41 Å². The molecule has 0 aromatic carbocycles. The maximum absolute atomic E-state index is 13.3. The minimum absolute atomic E-state index is 0.269. The van der Waals surface area contributed by atoms with E-state index in [2.05, 4.69) is 15.9 Å². The number of amides is 1. The molecule has 4 rings (SSSR count). The lowest BCUT2D eigenvalue weighted by molar-refractivity contribution is -0.146. The van der Waals surface area contributed by atoms with Crippen molar-refractivity contribution in [2.24, 2.45) is 11.3 Å².